The van der Waals surface area contributed by atoms with Crippen molar-refractivity contribution in [1.29, 1.82) is 0 Å². The van der Waals surface area contributed by atoms with E-state index >= 15 is 0 Å². The molecule has 17 heavy (non-hydrogen) atoms. The van der Waals surface area contributed by atoms with Gasteiger partial charge in [-0.05, 0) is 14.0 Å². The lowest BCUT2D eigenvalue weighted by Gasteiger charge is -2.14. The van der Waals surface area contributed by atoms with E-state index in [-0.39, 0.29) is 0 Å². The van der Waals surface area contributed by atoms with Crippen LogP contribution in [0.15, 0.2) is 10.9 Å². The zero-order valence-corrected chi connectivity index (χ0v) is 11.6. The highest BCUT2D eigenvalue weighted by atomic mass is 32.1. The lowest BCUT2D eigenvalue weighted by molar-refractivity contribution is 0.332. The second-order valence-corrected chi connectivity index (χ2v) is 5.85. The summed E-state index contributed by atoms with van der Waals surface area (Å²) in [5.74, 6) is 0. The molecule has 0 amide bonds. The number of nitrogens with two attached hydrogens (primary N) is 1. The summed E-state index contributed by atoms with van der Waals surface area (Å²) < 4.78 is 0. The van der Waals surface area contributed by atoms with Crippen LogP contribution in [0.3, 0.4) is 0 Å². The van der Waals surface area contributed by atoms with Crippen LogP contribution in [0.25, 0.3) is 0 Å². The Hall–Kier alpha value is -0.980. The van der Waals surface area contributed by atoms with Gasteiger partial charge in [-0.2, -0.15) is 0 Å². The van der Waals surface area contributed by atoms with Gasteiger partial charge in [0.05, 0.1) is 16.9 Å². The number of anilines is 1. The quantitative estimate of drug-likeness (QED) is 0.903. The van der Waals surface area contributed by atoms with Crippen LogP contribution >= 0.6 is 22.7 Å². The van der Waals surface area contributed by atoms with Gasteiger partial charge >= 0.3 is 0 Å². The first kappa shape index (κ1) is 12.5. The summed E-state index contributed by atoms with van der Waals surface area (Å²) in [5, 5.41) is 2.68. The zero-order chi connectivity index (χ0) is 12.3. The molecule has 0 aliphatic carbocycles. The van der Waals surface area contributed by atoms with E-state index in [4.69, 9.17) is 5.73 Å². The Morgan fingerprint density at radius 1 is 1.41 bits per heavy atom. The molecule has 0 aliphatic heterocycles. The van der Waals surface area contributed by atoms with Crippen LogP contribution in [-0.4, -0.2) is 28.5 Å². The standard InChI is InChI=1S/C11H16N4S2/c1-8-10(17-7-13-8)5-15(2)4-3-9-6-16-11(12)14-9/h6-7H,3-5H2,1-2H3,(H2,12,14). The zero-order valence-electron chi connectivity index (χ0n) is 10.0. The first-order chi connectivity index (χ1) is 8.15. The molecule has 2 N–H and O–H groups in total. The third-order valence-corrected chi connectivity index (χ3v) is 4.22. The molecule has 0 saturated carbocycles. The highest BCUT2D eigenvalue weighted by Crippen LogP contribution is 2.15. The monoisotopic (exact) mass is 268 g/mol. The summed E-state index contributed by atoms with van der Waals surface area (Å²) >= 11 is 3.22. The normalized spacial score (nSPS) is 11.2. The number of aryl methyl sites for hydroxylation is 1. The average Bonchev–Trinajstić information content (AvgIpc) is 2.86. The Morgan fingerprint density at radius 3 is 2.82 bits per heavy atom. The van der Waals surface area contributed by atoms with Crippen LogP contribution in [0, 0.1) is 6.92 Å². The van der Waals surface area contributed by atoms with Crippen molar-refractivity contribution in [1.82, 2.24) is 14.9 Å². The van der Waals surface area contributed by atoms with E-state index in [0.717, 1.165) is 30.9 Å². The van der Waals surface area contributed by atoms with Gasteiger partial charge in [0.25, 0.3) is 0 Å². The van der Waals surface area contributed by atoms with Gasteiger partial charge in [0.1, 0.15) is 0 Å². The average molecular weight is 268 g/mol. The summed E-state index contributed by atoms with van der Waals surface area (Å²) in [4.78, 5) is 12.1. The number of nitrogen functional groups attached to an aromatic ring is 1. The van der Waals surface area contributed by atoms with Gasteiger partial charge in [-0.1, -0.05) is 0 Å². The van der Waals surface area contributed by atoms with Crippen LogP contribution in [-0.2, 0) is 13.0 Å². The van der Waals surface area contributed by atoms with Crippen LogP contribution in [0.2, 0.25) is 0 Å². The molecule has 0 atom stereocenters. The molecule has 2 heterocycles. The van der Waals surface area contributed by atoms with Gasteiger partial charge < -0.3 is 10.6 Å². The maximum atomic E-state index is 5.60. The summed E-state index contributed by atoms with van der Waals surface area (Å²) in [5.41, 5.74) is 9.73. The van der Waals surface area contributed by atoms with Crippen molar-refractivity contribution in [3.8, 4) is 0 Å². The fourth-order valence-corrected chi connectivity index (χ4v) is 3.00. The number of thiazole rings is 2. The third kappa shape index (κ3) is 3.49. The van der Waals surface area contributed by atoms with Gasteiger partial charge in [-0.3, -0.25) is 0 Å². The molecule has 0 aliphatic rings. The fraction of sp³-hybridized carbons (Fsp3) is 0.455. The highest BCUT2D eigenvalue weighted by Gasteiger charge is 2.06. The Bertz CT molecular complexity index is 477. The SMILES string of the molecule is Cc1ncsc1CN(C)CCc1csc(N)n1. The molecule has 0 saturated heterocycles. The molecular weight excluding hydrogens is 252 g/mol. The topological polar surface area (TPSA) is 55.0 Å². The molecule has 0 bridgehead atoms. The van der Waals surface area contributed by atoms with Crippen molar-refractivity contribution in [3.63, 3.8) is 0 Å². The minimum atomic E-state index is 0.654. The predicted molar refractivity (Wildman–Crippen MR) is 73.4 cm³/mol. The largest absolute Gasteiger partial charge is 0.375 e. The van der Waals surface area contributed by atoms with Crippen LogP contribution in [0.1, 0.15) is 16.3 Å². The summed E-state index contributed by atoms with van der Waals surface area (Å²) in [6.07, 6.45) is 0.946. The first-order valence-corrected chi connectivity index (χ1v) is 7.18. The van der Waals surface area contributed by atoms with Crippen molar-refractivity contribution in [3.05, 3.63) is 27.2 Å². The Labute approximate surface area is 109 Å². The summed E-state index contributed by atoms with van der Waals surface area (Å²) in [6, 6.07) is 0. The van der Waals surface area contributed by atoms with Gasteiger partial charge in [-0.15, -0.1) is 22.7 Å². The lowest BCUT2D eigenvalue weighted by atomic mass is 10.3. The maximum absolute atomic E-state index is 5.60. The molecular formula is C11H16N4S2. The van der Waals surface area contributed by atoms with Crippen molar-refractivity contribution in [2.45, 2.75) is 19.9 Å². The van der Waals surface area contributed by atoms with Crippen molar-refractivity contribution < 1.29 is 0 Å². The smallest absolute Gasteiger partial charge is 0.180 e. The van der Waals surface area contributed by atoms with E-state index < -0.39 is 0 Å². The predicted octanol–water partition coefficient (Wildman–Crippen LogP) is 2.16. The molecule has 2 aromatic rings. The van der Waals surface area contributed by atoms with Crippen molar-refractivity contribution in [2.24, 2.45) is 0 Å². The van der Waals surface area contributed by atoms with Gasteiger partial charge in [0.2, 0.25) is 0 Å². The Kier molecular flexibility index (Phi) is 4.09. The van der Waals surface area contributed by atoms with E-state index in [1.54, 1.807) is 11.3 Å². The van der Waals surface area contributed by atoms with Crippen LogP contribution in [0.5, 0.6) is 0 Å². The molecule has 0 spiro atoms. The minimum absolute atomic E-state index is 0.654. The minimum Gasteiger partial charge on any atom is -0.375 e. The van der Waals surface area contributed by atoms with Gasteiger partial charge in [0.15, 0.2) is 5.13 Å². The highest BCUT2D eigenvalue weighted by molar-refractivity contribution is 7.13. The van der Waals surface area contributed by atoms with Crippen molar-refractivity contribution in [2.75, 3.05) is 19.3 Å². The second-order valence-electron chi connectivity index (χ2n) is 4.03. The molecule has 2 rings (SSSR count). The molecule has 0 aromatic carbocycles. The van der Waals surface area contributed by atoms with E-state index in [1.165, 1.54) is 16.2 Å². The number of hydrogen-bond donors (Lipinski definition) is 1. The molecule has 0 unspecified atom stereocenters. The van der Waals surface area contributed by atoms with E-state index in [1.807, 2.05) is 10.9 Å². The fourth-order valence-electron chi connectivity index (χ4n) is 1.55. The lowest BCUT2D eigenvalue weighted by Crippen LogP contribution is -2.20. The molecule has 2 aromatic heterocycles. The number of aromatic nitrogens is 2. The summed E-state index contributed by atoms with van der Waals surface area (Å²) in [6.45, 7) is 4.00. The number of likely N-dealkylation sites (N-methyl/N-ethyl adjacent to an activating group) is 1. The molecule has 92 valence electrons. The second kappa shape index (κ2) is 5.57. The van der Waals surface area contributed by atoms with Gasteiger partial charge in [-0.25, -0.2) is 9.97 Å². The van der Waals surface area contributed by atoms with Crippen LogP contribution < -0.4 is 5.73 Å². The van der Waals surface area contributed by atoms with E-state index in [9.17, 15) is 0 Å². The summed E-state index contributed by atoms with van der Waals surface area (Å²) in [7, 11) is 2.12. The number of nitrogens with zero attached hydrogens (tertiary/aromatic N) is 3. The van der Waals surface area contributed by atoms with Gasteiger partial charge in [0, 0.05) is 29.8 Å². The molecule has 0 fully saturated rings. The number of hydrogen-bond acceptors (Lipinski definition) is 6. The maximum Gasteiger partial charge on any atom is 0.180 e. The first-order valence-electron chi connectivity index (χ1n) is 5.42. The van der Waals surface area contributed by atoms with E-state index in [2.05, 4.69) is 28.8 Å². The number of rotatable bonds is 5. The third-order valence-electron chi connectivity index (χ3n) is 2.58. The Balaban J connectivity index is 1.82. The molecule has 4 nitrogen and oxygen atoms in total. The van der Waals surface area contributed by atoms with Crippen LogP contribution in [0.4, 0.5) is 5.13 Å². The Morgan fingerprint density at radius 2 is 2.24 bits per heavy atom. The molecule has 6 heteroatoms. The van der Waals surface area contributed by atoms with E-state index in [0.29, 0.717) is 5.13 Å². The van der Waals surface area contributed by atoms with Crippen molar-refractivity contribution >= 4 is 27.8 Å². The molecule has 0 radical (unpaired) electrons.